The molecular formula is C29H36N6O4. The molecule has 0 saturated carbocycles. The summed E-state index contributed by atoms with van der Waals surface area (Å²) in [5, 5.41) is 13.8. The van der Waals surface area contributed by atoms with E-state index in [9.17, 15) is 4.79 Å². The molecule has 1 aliphatic heterocycles. The lowest BCUT2D eigenvalue weighted by Gasteiger charge is -2.34. The van der Waals surface area contributed by atoms with E-state index in [1.54, 1.807) is 14.2 Å². The number of benzene rings is 2. The van der Waals surface area contributed by atoms with Crippen LogP contribution >= 0.6 is 0 Å². The summed E-state index contributed by atoms with van der Waals surface area (Å²) < 4.78 is 18.7. The lowest BCUT2D eigenvalue weighted by Crippen LogP contribution is -2.36. The Morgan fingerprint density at radius 1 is 1.10 bits per heavy atom. The molecule has 0 unspecified atom stereocenters. The number of pyridine rings is 1. The first kappa shape index (κ1) is 26.8. The predicted octanol–water partition coefficient (Wildman–Crippen LogP) is 4.11. The van der Waals surface area contributed by atoms with E-state index in [-0.39, 0.29) is 23.6 Å². The van der Waals surface area contributed by atoms with Gasteiger partial charge in [-0.15, -0.1) is 5.10 Å². The number of aromatic nitrogens is 5. The molecular weight excluding hydrogens is 496 g/mol. The van der Waals surface area contributed by atoms with Gasteiger partial charge in [-0.05, 0) is 58.8 Å². The second-order valence-electron chi connectivity index (χ2n) is 10.3. The first-order valence-corrected chi connectivity index (χ1v) is 13.4. The number of ether oxygens (including phenoxy) is 3. The number of fused-ring (bicyclic) bond motifs is 1. The molecule has 0 aliphatic carbocycles. The van der Waals surface area contributed by atoms with Gasteiger partial charge in [-0.25, -0.2) is 4.68 Å². The minimum Gasteiger partial charge on any atom is -0.497 e. The van der Waals surface area contributed by atoms with Crippen molar-refractivity contribution >= 4 is 10.9 Å². The highest BCUT2D eigenvalue weighted by atomic mass is 16.5. The van der Waals surface area contributed by atoms with Crippen LogP contribution in [0.4, 0.5) is 0 Å². The van der Waals surface area contributed by atoms with Gasteiger partial charge < -0.3 is 19.2 Å². The molecule has 0 amide bonds. The second kappa shape index (κ2) is 12.0. The van der Waals surface area contributed by atoms with Crippen molar-refractivity contribution < 1.29 is 14.2 Å². The minimum atomic E-state index is -0.169. The largest absolute Gasteiger partial charge is 0.497 e. The van der Waals surface area contributed by atoms with Gasteiger partial charge in [0.1, 0.15) is 11.5 Å². The Morgan fingerprint density at radius 3 is 2.67 bits per heavy atom. The summed E-state index contributed by atoms with van der Waals surface area (Å²) in [5.74, 6) is 2.40. The lowest BCUT2D eigenvalue weighted by atomic mass is 9.99. The third kappa shape index (κ3) is 5.97. The summed E-state index contributed by atoms with van der Waals surface area (Å²) in [4.78, 5) is 18.6. The van der Waals surface area contributed by atoms with Crippen molar-refractivity contribution in [3.8, 4) is 11.5 Å². The molecule has 0 radical (unpaired) electrons. The summed E-state index contributed by atoms with van der Waals surface area (Å²) >= 11 is 0. The van der Waals surface area contributed by atoms with E-state index in [0.717, 1.165) is 47.5 Å². The standard InChI is InChI=1S/C29H36N6O4/c1-19(2)27(28-31-32-33-35(28)18-24-9-7-13-39-24)34(16-21-8-5-6-10-26(21)38-4)17-22-14-20-11-12-23(37-3)15-25(20)30-29(22)36/h5-6,8,10-12,14-15,19,24,27H,7,9,13,16-18H2,1-4H3,(H,30,36)/t24-,27-/m1/s1. The highest BCUT2D eigenvalue weighted by Gasteiger charge is 2.31. The fraction of sp³-hybridized carbons (Fsp3) is 0.448. The molecule has 2 aromatic heterocycles. The number of nitrogens with one attached hydrogen (secondary N) is 1. The Bertz CT molecular complexity index is 1460. The molecule has 10 heteroatoms. The van der Waals surface area contributed by atoms with E-state index in [1.165, 1.54) is 0 Å². The fourth-order valence-corrected chi connectivity index (χ4v) is 5.41. The number of methoxy groups -OCH3 is 2. The van der Waals surface area contributed by atoms with E-state index in [1.807, 2.05) is 47.1 Å². The summed E-state index contributed by atoms with van der Waals surface area (Å²) in [6.45, 7) is 6.62. The van der Waals surface area contributed by atoms with E-state index >= 15 is 0 Å². The summed E-state index contributed by atoms with van der Waals surface area (Å²) in [7, 11) is 3.29. The molecule has 1 fully saturated rings. The molecule has 2 atom stereocenters. The van der Waals surface area contributed by atoms with Crippen LogP contribution in [0, 0.1) is 5.92 Å². The van der Waals surface area contributed by atoms with Crippen molar-refractivity contribution in [2.45, 2.75) is 58.5 Å². The average molecular weight is 533 g/mol. The van der Waals surface area contributed by atoms with Crippen molar-refractivity contribution in [3.05, 3.63) is 75.8 Å². The zero-order chi connectivity index (χ0) is 27.4. The zero-order valence-electron chi connectivity index (χ0n) is 23.0. The van der Waals surface area contributed by atoms with Crippen LogP contribution in [-0.2, 0) is 24.4 Å². The number of aromatic amines is 1. The second-order valence-corrected chi connectivity index (χ2v) is 10.3. The first-order chi connectivity index (χ1) is 19.0. The van der Waals surface area contributed by atoms with E-state index in [2.05, 4.69) is 45.3 Å². The van der Waals surface area contributed by atoms with Gasteiger partial charge in [-0.2, -0.15) is 0 Å². The van der Waals surface area contributed by atoms with Crippen LogP contribution in [0.2, 0.25) is 0 Å². The summed E-state index contributed by atoms with van der Waals surface area (Å²) in [6, 6.07) is 15.4. The highest BCUT2D eigenvalue weighted by Crippen LogP contribution is 2.32. The monoisotopic (exact) mass is 532 g/mol. The molecule has 0 bridgehead atoms. The fourth-order valence-electron chi connectivity index (χ4n) is 5.41. The first-order valence-electron chi connectivity index (χ1n) is 13.4. The number of hydrogen-bond donors (Lipinski definition) is 1. The third-order valence-electron chi connectivity index (χ3n) is 7.32. The number of H-pyrrole nitrogens is 1. The summed E-state index contributed by atoms with van der Waals surface area (Å²) in [5.41, 5.74) is 2.28. The SMILES string of the molecule is COc1ccc2cc(CN(Cc3ccccc3OC)[C@@H](c3nnnn3C[C@H]3CCCO3)C(C)C)c(=O)[nH]c2c1. The van der Waals surface area contributed by atoms with Gasteiger partial charge in [0.25, 0.3) is 5.56 Å². The molecule has 5 rings (SSSR count). The number of para-hydroxylation sites is 1. The number of rotatable bonds is 11. The molecule has 1 aliphatic rings. The summed E-state index contributed by atoms with van der Waals surface area (Å²) in [6.07, 6.45) is 2.14. The molecule has 39 heavy (non-hydrogen) atoms. The predicted molar refractivity (Wildman–Crippen MR) is 148 cm³/mol. The minimum absolute atomic E-state index is 0.100. The van der Waals surface area contributed by atoms with Crippen molar-refractivity contribution in [1.29, 1.82) is 0 Å². The van der Waals surface area contributed by atoms with Gasteiger partial charge in [-0.3, -0.25) is 9.69 Å². The smallest absolute Gasteiger partial charge is 0.252 e. The molecule has 1 N–H and O–H groups in total. The third-order valence-corrected chi connectivity index (χ3v) is 7.32. The Hall–Kier alpha value is -3.76. The number of nitrogens with zero attached hydrogens (tertiary/aromatic N) is 5. The Balaban J connectivity index is 1.55. The molecule has 3 heterocycles. The molecule has 2 aromatic carbocycles. The molecule has 1 saturated heterocycles. The van der Waals surface area contributed by atoms with Crippen LogP contribution in [0.15, 0.2) is 53.3 Å². The lowest BCUT2D eigenvalue weighted by molar-refractivity contribution is 0.0849. The van der Waals surface area contributed by atoms with Crippen molar-refractivity contribution in [2.24, 2.45) is 5.92 Å². The number of hydrogen-bond acceptors (Lipinski definition) is 8. The van der Waals surface area contributed by atoms with E-state index in [4.69, 9.17) is 14.2 Å². The van der Waals surface area contributed by atoms with Gasteiger partial charge in [0, 0.05) is 36.9 Å². The van der Waals surface area contributed by atoms with Crippen LogP contribution in [0.3, 0.4) is 0 Å². The zero-order valence-corrected chi connectivity index (χ0v) is 23.0. The number of tetrazole rings is 1. The van der Waals surface area contributed by atoms with Crippen molar-refractivity contribution in [1.82, 2.24) is 30.1 Å². The van der Waals surface area contributed by atoms with E-state index < -0.39 is 0 Å². The molecule has 0 spiro atoms. The van der Waals surface area contributed by atoms with E-state index in [0.29, 0.717) is 30.9 Å². The Kier molecular flexibility index (Phi) is 8.23. The maximum atomic E-state index is 13.3. The topological polar surface area (TPSA) is 107 Å². The van der Waals surface area contributed by atoms with Crippen molar-refractivity contribution in [3.63, 3.8) is 0 Å². The highest BCUT2D eigenvalue weighted by molar-refractivity contribution is 5.80. The quantitative estimate of drug-likeness (QED) is 0.308. The van der Waals surface area contributed by atoms with Gasteiger partial charge >= 0.3 is 0 Å². The van der Waals surface area contributed by atoms with Crippen LogP contribution < -0.4 is 15.0 Å². The van der Waals surface area contributed by atoms with Gasteiger partial charge in [0.2, 0.25) is 0 Å². The molecule has 4 aromatic rings. The van der Waals surface area contributed by atoms with Crippen LogP contribution in [0.25, 0.3) is 10.9 Å². The Labute approximate surface area is 227 Å². The van der Waals surface area contributed by atoms with Crippen LogP contribution in [0.1, 0.15) is 49.7 Å². The normalized spacial score (nSPS) is 16.3. The molecule has 10 nitrogen and oxygen atoms in total. The van der Waals surface area contributed by atoms with Gasteiger partial charge in [0.05, 0.1) is 38.4 Å². The molecule has 206 valence electrons. The van der Waals surface area contributed by atoms with Crippen molar-refractivity contribution in [2.75, 3.05) is 20.8 Å². The van der Waals surface area contributed by atoms with Crippen LogP contribution in [0.5, 0.6) is 11.5 Å². The maximum absolute atomic E-state index is 13.3. The van der Waals surface area contributed by atoms with Gasteiger partial charge in [0.15, 0.2) is 5.82 Å². The Morgan fingerprint density at radius 2 is 1.92 bits per heavy atom. The van der Waals surface area contributed by atoms with Crippen LogP contribution in [-0.4, -0.2) is 57.0 Å². The maximum Gasteiger partial charge on any atom is 0.252 e. The average Bonchev–Trinajstić information content (AvgIpc) is 3.62. The van der Waals surface area contributed by atoms with Gasteiger partial charge in [-0.1, -0.05) is 32.0 Å².